The van der Waals surface area contributed by atoms with Crippen LogP contribution < -0.4 is 0 Å². The average molecular weight is 256 g/mol. The second kappa shape index (κ2) is 7.28. The van der Waals surface area contributed by atoms with Crippen molar-refractivity contribution in [2.24, 2.45) is 0 Å². The van der Waals surface area contributed by atoms with Crippen molar-refractivity contribution in [1.29, 1.82) is 0 Å². The molecule has 1 rings (SSSR count). The first-order valence-corrected chi connectivity index (χ1v) is 6.11. The van der Waals surface area contributed by atoms with Gasteiger partial charge in [-0.25, -0.2) is 0 Å². The topological polar surface area (TPSA) is 72.8 Å². The van der Waals surface area contributed by atoms with Gasteiger partial charge in [-0.05, 0) is 13.0 Å². The van der Waals surface area contributed by atoms with Gasteiger partial charge >= 0.3 is 5.97 Å². The summed E-state index contributed by atoms with van der Waals surface area (Å²) < 4.78 is 10.2. The number of methoxy groups -OCH3 is 1. The summed E-state index contributed by atoms with van der Waals surface area (Å²) in [5.41, 5.74) is 0. The number of hydrogen-bond acceptors (Lipinski definition) is 5. The summed E-state index contributed by atoms with van der Waals surface area (Å²) in [6.45, 7) is 1.75. The zero-order valence-electron chi connectivity index (χ0n) is 10.8. The molecule has 0 aromatic carbocycles. The summed E-state index contributed by atoms with van der Waals surface area (Å²) in [5.74, 6) is -0.474. The highest BCUT2D eigenvalue weighted by molar-refractivity contribution is 5.89. The van der Waals surface area contributed by atoms with E-state index in [0.717, 1.165) is 0 Å². The smallest absolute Gasteiger partial charge is 0.308 e. The highest BCUT2D eigenvalue weighted by atomic mass is 16.5. The first-order chi connectivity index (χ1) is 8.51. The summed E-state index contributed by atoms with van der Waals surface area (Å²) in [4.78, 5) is 23.1. The van der Waals surface area contributed by atoms with Crippen LogP contribution in [0.25, 0.3) is 0 Å². The molecule has 0 amide bonds. The number of rotatable bonds is 1. The van der Waals surface area contributed by atoms with Crippen molar-refractivity contribution >= 4 is 11.8 Å². The van der Waals surface area contributed by atoms with Crippen LogP contribution >= 0.6 is 0 Å². The Kier molecular flexibility index (Phi) is 6.01. The van der Waals surface area contributed by atoms with Gasteiger partial charge in [0, 0.05) is 26.4 Å². The number of esters is 1. The van der Waals surface area contributed by atoms with Gasteiger partial charge in [-0.2, -0.15) is 0 Å². The van der Waals surface area contributed by atoms with E-state index < -0.39 is 12.1 Å². The Labute approximate surface area is 107 Å². The van der Waals surface area contributed by atoms with Crippen molar-refractivity contribution in [2.75, 3.05) is 7.11 Å². The lowest BCUT2D eigenvalue weighted by Gasteiger charge is -2.19. The predicted octanol–water partition coefficient (Wildman–Crippen LogP) is 0.993. The second-order valence-electron chi connectivity index (χ2n) is 4.56. The number of ketones is 1. The van der Waals surface area contributed by atoms with E-state index in [2.05, 4.69) is 0 Å². The zero-order chi connectivity index (χ0) is 13.5. The largest absolute Gasteiger partial charge is 0.462 e. The molecule has 0 bridgehead atoms. The fourth-order valence-electron chi connectivity index (χ4n) is 1.85. The lowest BCUT2D eigenvalue weighted by atomic mass is 10.0. The zero-order valence-corrected chi connectivity index (χ0v) is 10.8. The summed E-state index contributed by atoms with van der Waals surface area (Å²) in [5, 5.41) is 9.73. The fraction of sp³-hybridized carbons (Fsp3) is 0.692. The van der Waals surface area contributed by atoms with Gasteiger partial charge in [-0.3, -0.25) is 9.59 Å². The molecule has 5 heteroatoms. The number of aliphatic hydroxyl groups is 1. The molecule has 5 nitrogen and oxygen atoms in total. The monoisotopic (exact) mass is 256 g/mol. The van der Waals surface area contributed by atoms with Gasteiger partial charge < -0.3 is 14.6 Å². The van der Waals surface area contributed by atoms with E-state index in [-0.39, 0.29) is 37.3 Å². The fourth-order valence-corrected chi connectivity index (χ4v) is 1.85. The van der Waals surface area contributed by atoms with E-state index in [9.17, 15) is 14.7 Å². The van der Waals surface area contributed by atoms with Crippen molar-refractivity contribution in [3.63, 3.8) is 0 Å². The van der Waals surface area contributed by atoms with E-state index in [0.29, 0.717) is 6.42 Å². The molecule has 18 heavy (non-hydrogen) atoms. The molecule has 1 N–H and O–H groups in total. The Balaban J connectivity index is 2.72. The normalized spacial score (nSPS) is 31.4. The van der Waals surface area contributed by atoms with Gasteiger partial charge in [-0.1, -0.05) is 6.08 Å². The molecule has 0 saturated heterocycles. The lowest BCUT2D eigenvalue weighted by Crippen LogP contribution is -2.26. The van der Waals surface area contributed by atoms with E-state index in [1.165, 1.54) is 13.2 Å². The maximum Gasteiger partial charge on any atom is 0.308 e. The molecule has 3 atom stereocenters. The molecule has 1 heterocycles. The number of aliphatic hydroxyl groups excluding tert-OH is 1. The first kappa shape index (κ1) is 14.9. The maximum absolute atomic E-state index is 11.6. The van der Waals surface area contributed by atoms with Gasteiger partial charge in [0.2, 0.25) is 0 Å². The Morgan fingerprint density at radius 2 is 2.11 bits per heavy atom. The molecule has 0 fully saturated rings. The summed E-state index contributed by atoms with van der Waals surface area (Å²) in [7, 11) is 1.49. The van der Waals surface area contributed by atoms with E-state index in [1.54, 1.807) is 13.0 Å². The number of cyclic esters (lactones) is 1. The molecule has 0 spiro atoms. The molecule has 1 aliphatic heterocycles. The van der Waals surface area contributed by atoms with E-state index in [4.69, 9.17) is 9.47 Å². The molecular weight excluding hydrogens is 236 g/mol. The maximum atomic E-state index is 11.6. The van der Waals surface area contributed by atoms with E-state index >= 15 is 0 Å². The molecule has 0 radical (unpaired) electrons. The Morgan fingerprint density at radius 3 is 2.78 bits per heavy atom. The molecule has 0 aliphatic carbocycles. The Hall–Kier alpha value is -1.20. The summed E-state index contributed by atoms with van der Waals surface area (Å²) >= 11 is 0. The summed E-state index contributed by atoms with van der Waals surface area (Å²) in [6, 6.07) is 0. The van der Waals surface area contributed by atoms with Gasteiger partial charge in [0.15, 0.2) is 5.78 Å². The molecule has 0 aromatic heterocycles. The summed E-state index contributed by atoms with van der Waals surface area (Å²) in [6.07, 6.45) is 2.56. The van der Waals surface area contributed by atoms with Crippen LogP contribution in [0.3, 0.4) is 0 Å². The van der Waals surface area contributed by atoms with Gasteiger partial charge in [0.25, 0.3) is 0 Å². The molecule has 0 unspecified atom stereocenters. The number of carbonyl (C=O) groups excluding carboxylic acids is 2. The minimum absolute atomic E-state index is 0.0480. The SMILES string of the molecule is CO[C@@H]1CC(=O)C=CC[C@@H](C)OC(=O)C[C@H](O)C1. The number of hydrogen-bond donors (Lipinski definition) is 1. The van der Waals surface area contributed by atoms with Crippen LogP contribution in [-0.2, 0) is 19.1 Å². The van der Waals surface area contributed by atoms with Gasteiger partial charge in [0.1, 0.15) is 6.10 Å². The third kappa shape index (κ3) is 5.42. The molecular formula is C13H20O5. The highest BCUT2D eigenvalue weighted by Crippen LogP contribution is 2.13. The van der Waals surface area contributed by atoms with Crippen LogP contribution in [0.2, 0.25) is 0 Å². The van der Waals surface area contributed by atoms with Crippen LogP contribution in [0.4, 0.5) is 0 Å². The first-order valence-electron chi connectivity index (χ1n) is 6.11. The lowest BCUT2D eigenvalue weighted by molar-refractivity contribution is -0.150. The molecule has 1 aliphatic rings. The van der Waals surface area contributed by atoms with Crippen molar-refractivity contribution in [3.05, 3.63) is 12.2 Å². The number of allylic oxidation sites excluding steroid dienone is 1. The third-order valence-electron chi connectivity index (χ3n) is 2.80. The van der Waals surface area contributed by atoms with Crippen LogP contribution in [0, 0.1) is 0 Å². The van der Waals surface area contributed by atoms with Crippen LogP contribution in [0.5, 0.6) is 0 Å². The Morgan fingerprint density at radius 1 is 1.39 bits per heavy atom. The quantitative estimate of drug-likeness (QED) is 0.708. The Bertz CT molecular complexity index is 323. The number of carbonyl (C=O) groups is 2. The van der Waals surface area contributed by atoms with Crippen LogP contribution in [0.1, 0.15) is 32.6 Å². The van der Waals surface area contributed by atoms with Crippen LogP contribution in [-0.4, -0.2) is 42.3 Å². The molecule has 0 aromatic rings. The van der Waals surface area contributed by atoms with Crippen molar-refractivity contribution in [2.45, 2.75) is 50.9 Å². The highest BCUT2D eigenvalue weighted by Gasteiger charge is 2.21. The average Bonchev–Trinajstić information content (AvgIpc) is 2.26. The minimum atomic E-state index is -0.842. The minimum Gasteiger partial charge on any atom is -0.462 e. The van der Waals surface area contributed by atoms with Gasteiger partial charge in [0.05, 0.1) is 18.6 Å². The number of ether oxygens (including phenoxy) is 2. The second-order valence-corrected chi connectivity index (χ2v) is 4.56. The van der Waals surface area contributed by atoms with Crippen molar-refractivity contribution in [1.82, 2.24) is 0 Å². The van der Waals surface area contributed by atoms with Crippen molar-refractivity contribution in [3.8, 4) is 0 Å². The molecule has 102 valence electrons. The van der Waals surface area contributed by atoms with Crippen molar-refractivity contribution < 1.29 is 24.2 Å². The van der Waals surface area contributed by atoms with E-state index in [1.807, 2.05) is 0 Å². The van der Waals surface area contributed by atoms with Crippen LogP contribution in [0.15, 0.2) is 12.2 Å². The predicted molar refractivity (Wildman–Crippen MR) is 65.0 cm³/mol. The standard InChI is InChI=1S/C13H20O5/c1-9-4-3-5-10(14)6-12(17-2)7-11(15)8-13(16)18-9/h3,5,9,11-12,15H,4,6-8H2,1-2H3/t9-,11-,12-/m1/s1. The van der Waals surface area contributed by atoms with Gasteiger partial charge in [-0.15, -0.1) is 0 Å². The molecule has 0 saturated carbocycles. The third-order valence-corrected chi connectivity index (χ3v) is 2.80.